The van der Waals surface area contributed by atoms with Crippen molar-refractivity contribution >= 4 is 11.6 Å². The smallest absolute Gasteiger partial charge is 0.261 e. The summed E-state index contributed by atoms with van der Waals surface area (Å²) in [6.45, 7) is 3.73. The summed E-state index contributed by atoms with van der Waals surface area (Å²) in [4.78, 5) is 14.6. The summed E-state index contributed by atoms with van der Waals surface area (Å²) < 4.78 is 81.3. The number of β-amino-alcohol motifs (C(OH)–C–C–N with tert-alkyl or cyclic N) is 1. The number of rotatable bonds is 7. The van der Waals surface area contributed by atoms with Crippen molar-refractivity contribution in [1.29, 1.82) is 0 Å². The number of nitrogens with one attached hydrogen (secondary N) is 1. The van der Waals surface area contributed by atoms with Crippen LogP contribution in [-0.4, -0.2) is 52.9 Å². The molecule has 2 saturated heterocycles. The normalized spacial score (nSPS) is 24.6. The standard InChI is InChI=1S/C30H29F5N2O5/c1-15-21(13-37-11-10-20(39)12-37)41-30(42-28(15)17-4-2-16(14-38)3-5-17)18-6-8-19(9-7-18)36-29(40)22-23(31)25(33)27(35)26(34)24(22)32/h2-9,15,20-21,28,30,38-39H,10-14H2,1H3,(H,36,40)/t15-,20+,21+,28+,30+/m1/s1. The highest BCUT2D eigenvalue weighted by atomic mass is 19.2. The van der Waals surface area contributed by atoms with E-state index in [4.69, 9.17) is 9.47 Å². The number of anilines is 1. The number of benzene rings is 3. The molecule has 3 aromatic rings. The van der Waals surface area contributed by atoms with Crippen LogP contribution in [0.25, 0.3) is 0 Å². The Labute approximate surface area is 238 Å². The van der Waals surface area contributed by atoms with Crippen LogP contribution in [0.2, 0.25) is 0 Å². The zero-order chi connectivity index (χ0) is 30.1. The maximum atomic E-state index is 14.1. The van der Waals surface area contributed by atoms with Gasteiger partial charge in [-0.2, -0.15) is 0 Å². The maximum Gasteiger partial charge on any atom is 0.261 e. The molecule has 2 aliphatic heterocycles. The van der Waals surface area contributed by atoms with Crippen LogP contribution in [0.15, 0.2) is 48.5 Å². The number of aliphatic hydroxyl groups excluding tert-OH is 2. The van der Waals surface area contributed by atoms with E-state index >= 15 is 0 Å². The molecule has 224 valence electrons. The minimum atomic E-state index is -2.35. The highest BCUT2D eigenvalue weighted by molar-refractivity contribution is 6.04. The molecule has 2 aliphatic rings. The van der Waals surface area contributed by atoms with Crippen molar-refractivity contribution in [2.75, 3.05) is 25.0 Å². The predicted molar refractivity (Wildman–Crippen MR) is 141 cm³/mol. The lowest BCUT2D eigenvalue weighted by Crippen LogP contribution is -2.44. The van der Waals surface area contributed by atoms with E-state index in [1.807, 2.05) is 31.2 Å². The largest absolute Gasteiger partial charge is 0.392 e. The summed E-state index contributed by atoms with van der Waals surface area (Å²) in [6.07, 6.45) is -1.25. The third kappa shape index (κ3) is 6.04. The summed E-state index contributed by atoms with van der Waals surface area (Å²) in [6, 6.07) is 13.3. The van der Waals surface area contributed by atoms with E-state index in [0.717, 1.165) is 17.7 Å². The monoisotopic (exact) mass is 592 g/mol. The number of aliphatic hydroxyl groups is 2. The Morgan fingerprint density at radius 2 is 1.50 bits per heavy atom. The van der Waals surface area contributed by atoms with Gasteiger partial charge in [0, 0.05) is 36.8 Å². The fourth-order valence-corrected chi connectivity index (χ4v) is 5.28. The van der Waals surface area contributed by atoms with Crippen LogP contribution in [0, 0.1) is 35.0 Å². The first-order chi connectivity index (χ1) is 20.1. The van der Waals surface area contributed by atoms with Crippen molar-refractivity contribution in [2.45, 2.75) is 44.6 Å². The molecule has 0 spiro atoms. The minimum absolute atomic E-state index is 0.0376. The molecule has 0 radical (unpaired) electrons. The summed E-state index contributed by atoms with van der Waals surface area (Å²) in [5.74, 6) is -12.8. The van der Waals surface area contributed by atoms with Crippen LogP contribution >= 0.6 is 0 Å². The highest BCUT2D eigenvalue weighted by Gasteiger charge is 2.40. The summed E-state index contributed by atoms with van der Waals surface area (Å²) in [5.41, 5.74) is 0.635. The average Bonchev–Trinajstić information content (AvgIpc) is 3.41. The molecule has 42 heavy (non-hydrogen) atoms. The molecule has 5 atom stereocenters. The molecule has 3 N–H and O–H groups in total. The zero-order valence-electron chi connectivity index (χ0n) is 22.5. The molecular weight excluding hydrogens is 563 g/mol. The Balaban J connectivity index is 1.36. The number of nitrogens with zero attached hydrogens (tertiary/aromatic N) is 1. The van der Waals surface area contributed by atoms with Gasteiger partial charge in [-0.15, -0.1) is 0 Å². The van der Waals surface area contributed by atoms with Crippen LogP contribution < -0.4 is 5.32 Å². The van der Waals surface area contributed by atoms with E-state index in [-0.39, 0.29) is 30.4 Å². The van der Waals surface area contributed by atoms with Crippen LogP contribution in [0.1, 0.15) is 52.8 Å². The second-order valence-electron chi connectivity index (χ2n) is 10.5. The van der Waals surface area contributed by atoms with Gasteiger partial charge in [0.2, 0.25) is 5.82 Å². The van der Waals surface area contributed by atoms with E-state index in [9.17, 15) is 37.0 Å². The topological polar surface area (TPSA) is 91.3 Å². The molecule has 1 amide bonds. The lowest BCUT2D eigenvalue weighted by atomic mass is 9.90. The molecule has 0 aromatic heterocycles. The average molecular weight is 593 g/mol. The molecule has 0 saturated carbocycles. The van der Waals surface area contributed by atoms with Crippen LogP contribution in [0.3, 0.4) is 0 Å². The molecule has 0 bridgehead atoms. The van der Waals surface area contributed by atoms with Crippen LogP contribution in [0.5, 0.6) is 0 Å². The molecule has 2 heterocycles. The summed E-state index contributed by atoms with van der Waals surface area (Å²) in [7, 11) is 0. The SMILES string of the molecule is C[C@@H]1[C@H](CN2CC[C@H](O)C2)O[C@H](c2ccc(NC(=O)c3c(F)c(F)c(F)c(F)c3F)cc2)O[C@@H]1c1ccc(CO)cc1. The Morgan fingerprint density at radius 1 is 0.905 bits per heavy atom. The first kappa shape index (κ1) is 30.1. The lowest BCUT2D eigenvalue weighted by molar-refractivity contribution is -0.276. The van der Waals surface area contributed by atoms with Crippen molar-refractivity contribution in [3.63, 3.8) is 0 Å². The van der Waals surface area contributed by atoms with E-state index < -0.39 is 53.0 Å². The Morgan fingerprint density at radius 3 is 2.07 bits per heavy atom. The van der Waals surface area contributed by atoms with Crippen molar-refractivity contribution in [3.8, 4) is 0 Å². The minimum Gasteiger partial charge on any atom is -0.392 e. The third-order valence-corrected chi connectivity index (χ3v) is 7.69. The molecule has 7 nitrogen and oxygen atoms in total. The first-order valence-corrected chi connectivity index (χ1v) is 13.4. The van der Waals surface area contributed by atoms with Gasteiger partial charge < -0.3 is 25.0 Å². The Bertz CT molecular complexity index is 1410. The van der Waals surface area contributed by atoms with Crippen LogP contribution in [-0.2, 0) is 16.1 Å². The fraction of sp³-hybridized carbons (Fsp3) is 0.367. The van der Waals surface area contributed by atoms with Crippen molar-refractivity contribution in [3.05, 3.63) is 99.9 Å². The molecule has 12 heteroatoms. The number of amides is 1. The van der Waals surface area contributed by atoms with Gasteiger partial charge in [-0.25, -0.2) is 22.0 Å². The van der Waals surface area contributed by atoms with Crippen molar-refractivity contribution in [2.24, 2.45) is 5.92 Å². The summed E-state index contributed by atoms with van der Waals surface area (Å²) >= 11 is 0. The number of carbonyl (C=O) groups excluding carboxylic acids is 1. The van der Waals surface area contributed by atoms with Gasteiger partial charge in [-0.05, 0) is 29.7 Å². The van der Waals surface area contributed by atoms with E-state index in [0.29, 0.717) is 25.1 Å². The molecular formula is C30H29F5N2O5. The zero-order valence-corrected chi connectivity index (χ0v) is 22.5. The highest BCUT2D eigenvalue weighted by Crippen LogP contribution is 2.42. The van der Waals surface area contributed by atoms with Gasteiger partial charge in [0.05, 0.1) is 24.9 Å². The second kappa shape index (κ2) is 12.4. The molecule has 2 fully saturated rings. The van der Waals surface area contributed by atoms with Gasteiger partial charge in [0.15, 0.2) is 29.6 Å². The number of hydrogen-bond donors (Lipinski definition) is 3. The molecule has 0 unspecified atom stereocenters. The third-order valence-electron chi connectivity index (χ3n) is 7.69. The van der Waals surface area contributed by atoms with Gasteiger partial charge in [-0.1, -0.05) is 43.3 Å². The lowest BCUT2D eigenvalue weighted by Gasteiger charge is -2.42. The van der Waals surface area contributed by atoms with Gasteiger partial charge >= 0.3 is 0 Å². The number of carbonyl (C=O) groups is 1. The number of hydrogen-bond acceptors (Lipinski definition) is 6. The van der Waals surface area contributed by atoms with Gasteiger partial charge in [0.1, 0.15) is 5.56 Å². The maximum absolute atomic E-state index is 14.1. The summed E-state index contributed by atoms with van der Waals surface area (Å²) in [5, 5.41) is 21.6. The van der Waals surface area contributed by atoms with Gasteiger partial charge in [-0.3, -0.25) is 9.69 Å². The fourth-order valence-electron chi connectivity index (χ4n) is 5.28. The van der Waals surface area contributed by atoms with Crippen molar-refractivity contribution in [1.82, 2.24) is 4.90 Å². The molecule has 3 aromatic carbocycles. The molecule has 0 aliphatic carbocycles. The van der Waals surface area contributed by atoms with E-state index in [1.54, 1.807) is 12.1 Å². The quantitative estimate of drug-likeness (QED) is 0.204. The van der Waals surface area contributed by atoms with E-state index in [2.05, 4.69) is 10.2 Å². The Kier molecular flexibility index (Phi) is 8.90. The number of ether oxygens (including phenoxy) is 2. The number of likely N-dealkylation sites (tertiary alicyclic amines) is 1. The van der Waals surface area contributed by atoms with Crippen LogP contribution in [0.4, 0.5) is 27.6 Å². The van der Waals surface area contributed by atoms with Crippen molar-refractivity contribution < 1.29 is 46.4 Å². The number of halogens is 5. The van der Waals surface area contributed by atoms with Gasteiger partial charge in [0.25, 0.3) is 5.91 Å². The molecule has 5 rings (SSSR count). The Hall–Kier alpha value is -3.42. The second-order valence-corrected chi connectivity index (χ2v) is 10.5. The van der Waals surface area contributed by atoms with E-state index in [1.165, 1.54) is 12.1 Å². The predicted octanol–water partition coefficient (Wildman–Crippen LogP) is 4.98. The first-order valence-electron chi connectivity index (χ1n) is 13.4.